The van der Waals surface area contributed by atoms with Gasteiger partial charge in [0.1, 0.15) is 0 Å². The van der Waals surface area contributed by atoms with Gasteiger partial charge in [-0.15, -0.1) is 0 Å². The van der Waals surface area contributed by atoms with Crippen LogP contribution in [0, 0.1) is 0 Å². The average Bonchev–Trinajstić information content (AvgIpc) is 2.91. The number of benzene rings is 2. The van der Waals surface area contributed by atoms with Crippen molar-refractivity contribution in [2.24, 2.45) is 0 Å². The van der Waals surface area contributed by atoms with Crippen molar-refractivity contribution in [2.45, 2.75) is 57.9 Å². The first-order valence-electron chi connectivity index (χ1n) is 10.9. The van der Waals surface area contributed by atoms with Gasteiger partial charge in [-0.2, -0.15) is 0 Å². The molecule has 2 aliphatic rings. The zero-order valence-corrected chi connectivity index (χ0v) is 17.4. The van der Waals surface area contributed by atoms with Gasteiger partial charge in [-0.05, 0) is 61.9 Å². The molecular weight excluding hydrogens is 378 g/mol. The average molecular weight is 408 g/mol. The minimum absolute atomic E-state index is 0.106. The third-order valence-corrected chi connectivity index (χ3v) is 5.88. The number of nitrogens with one attached hydrogen (secondary N) is 2. The summed E-state index contributed by atoms with van der Waals surface area (Å²) < 4.78 is 5.00. The Morgan fingerprint density at radius 3 is 2.50 bits per heavy atom. The van der Waals surface area contributed by atoms with Crippen LogP contribution in [0.25, 0.3) is 0 Å². The zero-order chi connectivity index (χ0) is 20.9. The van der Waals surface area contributed by atoms with E-state index in [0.717, 1.165) is 61.0 Å². The van der Waals surface area contributed by atoms with E-state index in [1.807, 2.05) is 36.4 Å². The van der Waals surface area contributed by atoms with E-state index in [1.165, 1.54) is 6.42 Å². The number of carbonyl (C=O) groups excluding carboxylic acids is 2. The van der Waals surface area contributed by atoms with E-state index >= 15 is 0 Å². The van der Waals surface area contributed by atoms with Gasteiger partial charge in [0.05, 0.1) is 18.0 Å². The zero-order valence-electron chi connectivity index (χ0n) is 17.4. The van der Waals surface area contributed by atoms with Crippen molar-refractivity contribution in [3.05, 3.63) is 53.6 Å². The smallest absolute Gasteiger partial charge is 0.411 e. The predicted octanol–water partition coefficient (Wildman–Crippen LogP) is 5.53. The summed E-state index contributed by atoms with van der Waals surface area (Å²) in [6.07, 6.45) is 6.81. The largest absolute Gasteiger partial charge is 0.450 e. The van der Waals surface area contributed by atoms with E-state index in [2.05, 4.69) is 16.7 Å². The van der Waals surface area contributed by atoms with Crippen LogP contribution in [0.3, 0.4) is 0 Å². The molecule has 4 rings (SSSR count). The van der Waals surface area contributed by atoms with Gasteiger partial charge in [0, 0.05) is 11.7 Å². The summed E-state index contributed by atoms with van der Waals surface area (Å²) in [6, 6.07) is 13.9. The van der Waals surface area contributed by atoms with Crippen LogP contribution in [-0.2, 0) is 17.6 Å². The number of amides is 3. The second-order valence-electron chi connectivity index (χ2n) is 7.94. The first-order valence-corrected chi connectivity index (χ1v) is 10.9. The molecule has 0 bridgehead atoms. The third kappa shape index (κ3) is 4.42. The fourth-order valence-corrected chi connectivity index (χ4v) is 4.39. The molecule has 3 amide bonds. The predicted molar refractivity (Wildman–Crippen MR) is 118 cm³/mol. The van der Waals surface area contributed by atoms with Crippen molar-refractivity contribution in [2.75, 3.05) is 16.8 Å². The Hall–Kier alpha value is -3.02. The summed E-state index contributed by atoms with van der Waals surface area (Å²) in [5.41, 5.74) is 4.55. The van der Waals surface area contributed by atoms with Gasteiger partial charge in [0.25, 0.3) is 0 Å². The van der Waals surface area contributed by atoms with Crippen molar-refractivity contribution < 1.29 is 14.3 Å². The second kappa shape index (κ2) is 9.20. The Morgan fingerprint density at radius 1 is 1.00 bits per heavy atom. The van der Waals surface area contributed by atoms with E-state index in [4.69, 9.17) is 4.74 Å². The molecule has 2 aromatic rings. The molecule has 0 radical (unpaired) electrons. The summed E-state index contributed by atoms with van der Waals surface area (Å²) in [5, 5.41) is 6.01. The molecule has 158 valence electrons. The van der Waals surface area contributed by atoms with Crippen LogP contribution in [0.2, 0.25) is 0 Å². The standard InChI is InChI=1S/C24H29N3O3/c1-2-30-24(29)26-20-15-14-18-13-12-17-8-6-7-11-21(17)27(22(18)16-20)23(28)25-19-9-4-3-5-10-19/h6-8,11,14-16,19H,2-5,9-10,12-13H2,1H3,(H,25,28)(H,26,29). The monoisotopic (exact) mass is 407 g/mol. The lowest BCUT2D eigenvalue weighted by Crippen LogP contribution is -2.44. The summed E-state index contributed by atoms with van der Waals surface area (Å²) in [7, 11) is 0. The highest BCUT2D eigenvalue weighted by atomic mass is 16.5. The first kappa shape index (κ1) is 20.3. The molecule has 0 aromatic heterocycles. The molecule has 6 nitrogen and oxygen atoms in total. The van der Waals surface area contributed by atoms with Crippen LogP contribution in [0.15, 0.2) is 42.5 Å². The van der Waals surface area contributed by atoms with Gasteiger partial charge in [-0.1, -0.05) is 43.5 Å². The first-order chi connectivity index (χ1) is 14.7. The number of nitrogens with zero attached hydrogens (tertiary/aromatic N) is 1. The topological polar surface area (TPSA) is 70.7 Å². The highest BCUT2D eigenvalue weighted by Gasteiger charge is 2.28. The fourth-order valence-electron chi connectivity index (χ4n) is 4.39. The van der Waals surface area contributed by atoms with Crippen LogP contribution >= 0.6 is 0 Å². The Morgan fingerprint density at radius 2 is 1.73 bits per heavy atom. The summed E-state index contributed by atoms with van der Waals surface area (Å²) in [4.78, 5) is 27.2. The number of ether oxygens (including phenoxy) is 1. The number of fused-ring (bicyclic) bond motifs is 2. The number of aryl methyl sites for hydroxylation is 2. The molecule has 1 saturated carbocycles. The second-order valence-corrected chi connectivity index (χ2v) is 7.94. The Balaban J connectivity index is 1.69. The number of hydrogen-bond donors (Lipinski definition) is 2. The normalized spacial score (nSPS) is 16.1. The molecule has 6 heteroatoms. The van der Waals surface area contributed by atoms with Gasteiger partial charge >= 0.3 is 12.1 Å². The van der Waals surface area contributed by atoms with E-state index in [1.54, 1.807) is 11.8 Å². The maximum Gasteiger partial charge on any atom is 0.411 e. The quantitative estimate of drug-likeness (QED) is 0.702. The molecule has 1 heterocycles. The van der Waals surface area contributed by atoms with Gasteiger partial charge < -0.3 is 10.1 Å². The lowest BCUT2D eigenvalue weighted by atomic mass is 9.96. The van der Waals surface area contributed by atoms with E-state index in [0.29, 0.717) is 12.3 Å². The molecule has 0 unspecified atom stereocenters. The Bertz CT molecular complexity index is 922. The Kier molecular flexibility index (Phi) is 6.21. The van der Waals surface area contributed by atoms with Crippen molar-refractivity contribution in [3.8, 4) is 0 Å². The molecule has 1 aliphatic heterocycles. The fraction of sp³-hybridized carbons (Fsp3) is 0.417. The molecule has 0 saturated heterocycles. The number of rotatable bonds is 3. The molecule has 30 heavy (non-hydrogen) atoms. The van der Waals surface area contributed by atoms with Gasteiger partial charge in [-0.25, -0.2) is 9.59 Å². The van der Waals surface area contributed by atoms with Crippen LogP contribution in [-0.4, -0.2) is 24.8 Å². The Labute approximate surface area is 177 Å². The number of carbonyl (C=O) groups is 2. The number of hydrogen-bond acceptors (Lipinski definition) is 3. The van der Waals surface area contributed by atoms with Gasteiger partial charge in [-0.3, -0.25) is 10.2 Å². The maximum absolute atomic E-state index is 13.5. The molecule has 2 aromatic carbocycles. The number of anilines is 3. The highest BCUT2D eigenvalue weighted by Crippen LogP contribution is 2.38. The van der Waals surface area contributed by atoms with Gasteiger partial charge in [0.15, 0.2) is 0 Å². The maximum atomic E-state index is 13.5. The molecule has 1 aliphatic carbocycles. The summed E-state index contributed by atoms with van der Waals surface area (Å²) >= 11 is 0. The van der Waals surface area contributed by atoms with Crippen LogP contribution in [0.4, 0.5) is 26.7 Å². The van der Waals surface area contributed by atoms with Crippen LogP contribution in [0.5, 0.6) is 0 Å². The van der Waals surface area contributed by atoms with Crippen LogP contribution < -0.4 is 15.5 Å². The van der Waals surface area contributed by atoms with Crippen LogP contribution in [0.1, 0.15) is 50.2 Å². The summed E-state index contributed by atoms with van der Waals surface area (Å²) in [5.74, 6) is 0. The van der Waals surface area contributed by atoms with E-state index in [-0.39, 0.29) is 12.1 Å². The van der Waals surface area contributed by atoms with E-state index < -0.39 is 6.09 Å². The minimum Gasteiger partial charge on any atom is -0.450 e. The molecule has 0 spiro atoms. The minimum atomic E-state index is -0.496. The van der Waals surface area contributed by atoms with Crippen molar-refractivity contribution in [1.29, 1.82) is 0 Å². The lowest BCUT2D eigenvalue weighted by molar-refractivity contribution is 0.168. The SMILES string of the molecule is CCOC(=O)Nc1ccc2c(c1)N(C(=O)NC1CCCCC1)c1ccccc1CC2. The molecule has 2 N–H and O–H groups in total. The third-order valence-electron chi connectivity index (χ3n) is 5.88. The van der Waals surface area contributed by atoms with E-state index in [9.17, 15) is 9.59 Å². The molecule has 1 fully saturated rings. The van der Waals surface area contributed by atoms with Crippen molar-refractivity contribution >= 4 is 29.2 Å². The molecular formula is C24H29N3O3. The van der Waals surface area contributed by atoms with Crippen molar-refractivity contribution in [1.82, 2.24) is 5.32 Å². The summed E-state index contributed by atoms with van der Waals surface area (Å²) in [6.45, 7) is 2.07. The van der Waals surface area contributed by atoms with Gasteiger partial charge in [0.2, 0.25) is 0 Å². The number of urea groups is 1. The number of para-hydroxylation sites is 1. The van der Waals surface area contributed by atoms with Crippen molar-refractivity contribution in [3.63, 3.8) is 0 Å². The highest BCUT2D eigenvalue weighted by molar-refractivity contribution is 6.02. The lowest BCUT2D eigenvalue weighted by Gasteiger charge is -2.29. The molecule has 0 atom stereocenters.